The van der Waals surface area contributed by atoms with Gasteiger partial charge < -0.3 is 0 Å². The van der Waals surface area contributed by atoms with Crippen molar-refractivity contribution < 1.29 is 8.78 Å². The minimum absolute atomic E-state index is 0.236. The lowest BCUT2D eigenvalue weighted by molar-refractivity contribution is 0.217. The summed E-state index contributed by atoms with van der Waals surface area (Å²) in [6.45, 7) is 2.14. The van der Waals surface area contributed by atoms with Crippen molar-refractivity contribution in [2.45, 2.75) is 38.3 Å². The van der Waals surface area contributed by atoms with Crippen LogP contribution in [0.5, 0.6) is 0 Å². The second-order valence-corrected chi connectivity index (χ2v) is 6.67. The van der Waals surface area contributed by atoms with Crippen molar-refractivity contribution in [1.29, 1.82) is 5.41 Å². The molecule has 0 amide bonds. The summed E-state index contributed by atoms with van der Waals surface area (Å²) in [5.41, 5.74) is 1.65. The molecule has 27 heavy (non-hydrogen) atoms. The topological polar surface area (TPSA) is 23.9 Å². The van der Waals surface area contributed by atoms with Gasteiger partial charge in [0, 0.05) is 12.0 Å². The van der Waals surface area contributed by atoms with Crippen LogP contribution < -0.4 is 0 Å². The van der Waals surface area contributed by atoms with E-state index in [0.717, 1.165) is 36.0 Å². The maximum atomic E-state index is 15.6. The number of hydrogen-bond donors (Lipinski definition) is 1. The zero-order valence-electron chi connectivity index (χ0n) is 15.3. The summed E-state index contributed by atoms with van der Waals surface area (Å²) in [5.74, 6) is -0.419. The van der Waals surface area contributed by atoms with Gasteiger partial charge in [-0.2, -0.15) is 0 Å². The van der Waals surface area contributed by atoms with E-state index in [9.17, 15) is 4.39 Å². The fraction of sp³-hybridized carbons (Fsp3) is 0.261. The molecule has 1 N–H and O–H groups in total. The molecule has 0 aromatic heterocycles. The number of halogens is 2. The molecule has 0 radical (unpaired) electrons. The molecule has 0 aliphatic heterocycles. The molecule has 1 atom stereocenters. The van der Waals surface area contributed by atoms with Crippen LogP contribution in [0.1, 0.15) is 37.3 Å². The van der Waals surface area contributed by atoms with E-state index in [1.54, 1.807) is 5.16 Å². The Kier molecular flexibility index (Phi) is 7.78. The first-order chi connectivity index (χ1) is 13.0. The lowest BCUT2D eigenvalue weighted by atomic mass is 9.82. The Morgan fingerprint density at radius 2 is 1.89 bits per heavy atom. The molecular formula is C23H23F2NS. The Morgan fingerprint density at radius 1 is 1.19 bits per heavy atom. The standard InChI is InChI=1S/C22H22F2.CHNS/c1-2-3-8-17-12-13-20(18-9-5-4-6-10-18)21(15-17)22(24)14-7-11-19(23)16-22;2-1-3/h4-7,9-15H,2-3,8,16H2,1H3;2H. The second-order valence-electron chi connectivity index (χ2n) is 6.46. The Hall–Kier alpha value is -2.42. The summed E-state index contributed by atoms with van der Waals surface area (Å²) in [6.07, 6.45) is 7.12. The number of benzene rings is 2. The summed E-state index contributed by atoms with van der Waals surface area (Å²) in [7, 11) is 0. The highest BCUT2D eigenvalue weighted by molar-refractivity contribution is 7.78. The van der Waals surface area contributed by atoms with E-state index in [2.05, 4.69) is 25.2 Å². The van der Waals surface area contributed by atoms with E-state index in [-0.39, 0.29) is 6.42 Å². The minimum atomic E-state index is -1.80. The summed E-state index contributed by atoms with van der Waals surface area (Å²) >= 11 is 3.81. The number of rotatable bonds is 5. The Morgan fingerprint density at radius 3 is 2.52 bits per heavy atom. The second kappa shape index (κ2) is 10.1. The first-order valence-corrected chi connectivity index (χ1v) is 9.40. The molecule has 1 aliphatic rings. The normalized spacial score (nSPS) is 18.1. The summed E-state index contributed by atoms with van der Waals surface area (Å²) in [4.78, 5) is 0. The van der Waals surface area contributed by atoms with E-state index in [1.807, 2.05) is 42.5 Å². The maximum absolute atomic E-state index is 15.6. The largest absolute Gasteiger partial charge is 0.248 e. The van der Waals surface area contributed by atoms with Crippen LogP contribution in [0.25, 0.3) is 11.1 Å². The first-order valence-electron chi connectivity index (χ1n) is 8.99. The van der Waals surface area contributed by atoms with E-state index < -0.39 is 11.5 Å². The molecule has 140 valence electrons. The van der Waals surface area contributed by atoms with Gasteiger partial charge in [0.25, 0.3) is 0 Å². The van der Waals surface area contributed by atoms with Crippen molar-refractivity contribution in [3.05, 3.63) is 83.7 Å². The molecule has 1 unspecified atom stereocenters. The molecule has 2 aromatic rings. The van der Waals surface area contributed by atoms with E-state index in [4.69, 9.17) is 5.41 Å². The third kappa shape index (κ3) is 5.53. The number of hydrogen-bond acceptors (Lipinski definition) is 2. The van der Waals surface area contributed by atoms with Crippen LogP contribution >= 0.6 is 12.2 Å². The van der Waals surface area contributed by atoms with Crippen LogP contribution in [0.4, 0.5) is 8.78 Å². The van der Waals surface area contributed by atoms with Gasteiger partial charge in [-0.05, 0) is 53.9 Å². The van der Waals surface area contributed by atoms with Crippen molar-refractivity contribution in [2.24, 2.45) is 0 Å². The van der Waals surface area contributed by atoms with Crippen molar-refractivity contribution in [1.82, 2.24) is 0 Å². The molecule has 1 nitrogen and oxygen atoms in total. The van der Waals surface area contributed by atoms with Gasteiger partial charge in [0.15, 0.2) is 5.67 Å². The first kappa shape index (κ1) is 20.9. The Bertz CT molecular complexity index is 852. The number of thiocarbonyl (C=S) groups is 1. The van der Waals surface area contributed by atoms with Crippen LogP contribution in [-0.2, 0) is 12.1 Å². The number of aryl methyl sites for hydroxylation is 1. The fourth-order valence-corrected chi connectivity index (χ4v) is 3.19. The van der Waals surface area contributed by atoms with Gasteiger partial charge in [0.2, 0.25) is 0 Å². The number of nitrogens with one attached hydrogen (secondary N) is 1. The van der Waals surface area contributed by atoms with Gasteiger partial charge in [-0.15, -0.1) is 0 Å². The summed E-state index contributed by atoms with van der Waals surface area (Å²) in [6, 6.07) is 15.7. The predicted molar refractivity (Wildman–Crippen MR) is 112 cm³/mol. The van der Waals surface area contributed by atoms with Gasteiger partial charge in [-0.25, -0.2) is 14.2 Å². The fourth-order valence-electron chi connectivity index (χ4n) is 3.19. The highest BCUT2D eigenvalue weighted by Crippen LogP contribution is 2.42. The molecular weight excluding hydrogens is 360 g/mol. The zero-order chi connectivity index (χ0) is 19.7. The Labute approximate surface area is 164 Å². The maximum Gasteiger partial charge on any atom is 0.161 e. The van der Waals surface area contributed by atoms with Crippen LogP contribution in [0, 0.1) is 5.41 Å². The molecule has 0 saturated carbocycles. The van der Waals surface area contributed by atoms with E-state index in [1.165, 1.54) is 18.2 Å². The monoisotopic (exact) mass is 383 g/mol. The highest BCUT2D eigenvalue weighted by Gasteiger charge is 2.34. The van der Waals surface area contributed by atoms with Crippen molar-refractivity contribution in [3.63, 3.8) is 0 Å². The van der Waals surface area contributed by atoms with E-state index >= 15 is 4.39 Å². The van der Waals surface area contributed by atoms with Crippen LogP contribution in [0.2, 0.25) is 0 Å². The molecule has 1 aliphatic carbocycles. The zero-order valence-corrected chi connectivity index (χ0v) is 16.2. The number of unbranched alkanes of at least 4 members (excludes halogenated alkanes) is 1. The molecule has 0 bridgehead atoms. The lowest BCUT2D eigenvalue weighted by Crippen LogP contribution is -2.20. The van der Waals surface area contributed by atoms with Gasteiger partial charge in [0.05, 0.1) is 5.16 Å². The number of alkyl halides is 1. The molecule has 3 rings (SSSR count). The van der Waals surface area contributed by atoms with Crippen LogP contribution in [0.3, 0.4) is 0 Å². The van der Waals surface area contributed by atoms with Gasteiger partial charge in [-0.3, -0.25) is 0 Å². The van der Waals surface area contributed by atoms with Gasteiger partial charge in [-0.1, -0.05) is 68.0 Å². The quantitative estimate of drug-likeness (QED) is 0.424. The predicted octanol–water partition coefficient (Wildman–Crippen LogP) is 7.34. The third-order valence-corrected chi connectivity index (χ3v) is 4.50. The molecule has 0 fully saturated rings. The summed E-state index contributed by atoms with van der Waals surface area (Å²) in [5, 5.41) is 7.36. The minimum Gasteiger partial charge on any atom is -0.248 e. The molecule has 0 heterocycles. The van der Waals surface area contributed by atoms with Crippen molar-refractivity contribution in [3.8, 4) is 11.1 Å². The SMILES string of the molecule is CCCCc1ccc(-c2ccccc2)c(C2(F)C=CC=C(F)C2)c1.N=C=S. The van der Waals surface area contributed by atoms with Crippen molar-refractivity contribution in [2.75, 3.05) is 0 Å². The lowest BCUT2D eigenvalue weighted by Gasteiger charge is -2.27. The third-order valence-electron chi connectivity index (χ3n) is 4.50. The molecule has 2 aromatic carbocycles. The average molecular weight is 384 g/mol. The Balaban J connectivity index is 0.000000817. The van der Waals surface area contributed by atoms with Crippen LogP contribution in [0.15, 0.2) is 72.6 Å². The van der Waals surface area contributed by atoms with Gasteiger partial charge >= 0.3 is 0 Å². The van der Waals surface area contributed by atoms with Crippen molar-refractivity contribution >= 4 is 17.4 Å². The smallest absolute Gasteiger partial charge is 0.161 e. The number of allylic oxidation sites excluding steroid dienone is 4. The van der Waals surface area contributed by atoms with Crippen LogP contribution in [-0.4, -0.2) is 5.16 Å². The molecule has 0 spiro atoms. The highest BCUT2D eigenvalue weighted by atomic mass is 32.1. The molecule has 0 saturated heterocycles. The average Bonchev–Trinajstić information content (AvgIpc) is 2.67. The summed E-state index contributed by atoms with van der Waals surface area (Å²) < 4.78 is 29.4. The number of isothiocyanates is 1. The van der Waals surface area contributed by atoms with Gasteiger partial charge in [0.1, 0.15) is 5.83 Å². The molecule has 4 heteroatoms. The van der Waals surface area contributed by atoms with E-state index in [0.29, 0.717) is 5.56 Å².